The number of aryl methyl sites for hydroxylation is 1. The summed E-state index contributed by atoms with van der Waals surface area (Å²) in [7, 11) is 3.83. The van der Waals surface area contributed by atoms with E-state index >= 15 is 0 Å². The fraction of sp³-hybridized carbons (Fsp3) is 0.296. The lowest BCUT2D eigenvalue weighted by molar-refractivity contribution is -0.137. The molecule has 0 saturated carbocycles. The summed E-state index contributed by atoms with van der Waals surface area (Å²) in [5.41, 5.74) is 14.0. The summed E-state index contributed by atoms with van der Waals surface area (Å²) in [6.07, 6.45) is -0.0185. The molecule has 0 aliphatic heterocycles. The third kappa shape index (κ3) is 6.17. The van der Waals surface area contributed by atoms with Crippen LogP contribution in [0.4, 0.5) is 11.4 Å². The minimum Gasteiger partial charge on any atom is -0.481 e. The molecule has 34 heavy (non-hydrogen) atoms. The van der Waals surface area contributed by atoms with Crippen molar-refractivity contribution < 1.29 is 9.90 Å². The largest absolute Gasteiger partial charge is 0.481 e. The lowest BCUT2D eigenvalue weighted by atomic mass is 9.84. The maximum absolute atomic E-state index is 11.8. The van der Waals surface area contributed by atoms with E-state index in [1.54, 1.807) is 7.05 Å². The van der Waals surface area contributed by atoms with E-state index in [9.17, 15) is 9.90 Å². The molecule has 3 rings (SSSR count). The molecule has 180 valence electrons. The summed E-state index contributed by atoms with van der Waals surface area (Å²) >= 11 is 3.48. The van der Waals surface area contributed by atoms with Crippen LogP contribution in [0.3, 0.4) is 0 Å². The quantitative estimate of drug-likeness (QED) is 0.202. The first kappa shape index (κ1) is 25.7. The number of anilines is 2. The second-order valence-electron chi connectivity index (χ2n) is 8.96. The number of carbonyl (C=O) groups is 1. The predicted octanol–water partition coefficient (Wildman–Crippen LogP) is 5.20. The number of hydrogen-bond acceptors (Lipinski definition) is 5. The van der Waals surface area contributed by atoms with E-state index in [4.69, 9.17) is 11.6 Å². The molecular formula is C27H33BrN4O2. The van der Waals surface area contributed by atoms with Crippen molar-refractivity contribution in [2.75, 3.05) is 24.8 Å². The van der Waals surface area contributed by atoms with Crippen molar-refractivity contribution in [3.8, 4) is 0 Å². The molecule has 7 heteroatoms. The van der Waals surface area contributed by atoms with Crippen LogP contribution < -0.4 is 16.6 Å². The topological polar surface area (TPSA) is 95.8 Å². The van der Waals surface area contributed by atoms with Gasteiger partial charge < -0.3 is 15.8 Å². The SMILES string of the molecule is Cc1ccc(C(CC(=O)O)c2ccc(N(C)N)c(N)c2C)cc1CN(C)Cc1ccc(Br)cc1. The average molecular weight is 525 g/mol. The highest BCUT2D eigenvalue weighted by atomic mass is 79.9. The summed E-state index contributed by atoms with van der Waals surface area (Å²) in [6.45, 7) is 5.59. The van der Waals surface area contributed by atoms with Gasteiger partial charge in [-0.15, -0.1) is 0 Å². The van der Waals surface area contributed by atoms with Crippen molar-refractivity contribution in [1.82, 2.24) is 4.90 Å². The van der Waals surface area contributed by atoms with E-state index in [-0.39, 0.29) is 12.3 Å². The predicted molar refractivity (Wildman–Crippen MR) is 143 cm³/mol. The zero-order chi connectivity index (χ0) is 25.0. The van der Waals surface area contributed by atoms with Crippen LogP contribution in [0.2, 0.25) is 0 Å². The molecule has 0 spiro atoms. The highest BCUT2D eigenvalue weighted by Crippen LogP contribution is 2.37. The number of halogens is 1. The zero-order valence-corrected chi connectivity index (χ0v) is 21.8. The van der Waals surface area contributed by atoms with Crippen LogP contribution >= 0.6 is 15.9 Å². The summed E-state index contributed by atoms with van der Waals surface area (Å²) < 4.78 is 1.06. The molecule has 0 heterocycles. The third-order valence-corrected chi connectivity index (χ3v) is 6.78. The maximum Gasteiger partial charge on any atom is 0.304 e. The van der Waals surface area contributed by atoms with Gasteiger partial charge in [-0.2, -0.15) is 0 Å². The Kier molecular flexibility index (Phi) is 8.36. The molecular weight excluding hydrogens is 492 g/mol. The first-order chi connectivity index (χ1) is 16.1. The number of hydrazine groups is 1. The van der Waals surface area contributed by atoms with Gasteiger partial charge in [0.25, 0.3) is 0 Å². The van der Waals surface area contributed by atoms with Gasteiger partial charge >= 0.3 is 5.97 Å². The molecule has 1 unspecified atom stereocenters. The summed E-state index contributed by atoms with van der Waals surface area (Å²) in [4.78, 5) is 14.1. The average Bonchev–Trinajstić information content (AvgIpc) is 2.77. The van der Waals surface area contributed by atoms with Crippen LogP contribution in [-0.2, 0) is 17.9 Å². The molecule has 0 radical (unpaired) electrons. The number of benzene rings is 3. The molecule has 0 fully saturated rings. The van der Waals surface area contributed by atoms with Crippen LogP contribution in [0.25, 0.3) is 0 Å². The number of aliphatic carboxylic acids is 1. The van der Waals surface area contributed by atoms with Gasteiger partial charge in [0, 0.05) is 30.5 Å². The first-order valence-electron chi connectivity index (χ1n) is 11.2. The van der Waals surface area contributed by atoms with Crippen LogP contribution in [-0.4, -0.2) is 30.1 Å². The van der Waals surface area contributed by atoms with Gasteiger partial charge in [0.2, 0.25) is 0 Å². The Balaban J connectivity index is 1.93. The smallest absolute Gasteiger partial charge is 0.304 e. The molecule has 0 aliphatic carbocycles. The molecule has 6 nitrogen and oxygen atoms in total. The van der Waals surface area contributed by atoms with E-state index < -0.39 is 5.97 Å². The molecule has 0 amide bonds. The summed E-state index contributed by atoms with van der Waals surface area (Å²) in [5, 5.41) is 11.2. The molecule has 0 aromatic heterocycles. The Bertz CT molecular complexity index is 1160. The Hall–Kier alpha value is -2.87. The Morgan fingerprint density at radius 2 is 1.71 bits per heavy atom. The number of hydrogen-bond donors (Lipinski definition) is 3. The number of nitrogens with two attached hydrogens (primary N) is 2. The van der Waals surface area contributed by atoms with Gasteiger partial charge in [-0.3, -0.25) is 9.69 Å². The van der Waals surface area contributed by atoms with E-state index in [0.29, 0.717) is 5.69 Å². The number of nitrogens with zero attached hydrogens (tertiary/aromatic N) is 2. The molecule has 1 atom stereocenters. The maximum atomic E-state index is 11.8. The van der Waals surface area contributed by atoms with Crippen molar-refractivity contribution in [2.45, 2.75) is 39.3 Å². The van der Waals surface area contributed by atoms with E-state index in [2.05, 4.69) is 59.1 Å². The summed E-state index contributed by atoms with van der Waals surface area (Å²) in [6, 6.07) is 18.4. The normalized spacial score (nSPS) is 12.1. The lowest BCUT2D eigenvalue weighted by Gasteiger charge is -2.24. The van der Waals surface area contributed by atoms with Gasteiger partial charge in [0.05, 0.1) is 17.8 Å². The van der Waals surface area contributed by atoms with Crippen molar-refractivity contribution in [3.05, 3.63) is 92.5 Å². The van der Waals surface area contributed by atoms with Gasteiger partial charge in [-0.1, -0.05) is 52.3 Å². The van der Waals surface area contributed by atoms with Crippen LogP contribution in [0.1, 0.15) is 45.7 Å². The van der Waals surface area contributed by atoms with Crippen molar-refractivity contribution in [1.29, 1.82) is 0 Å². The fourth-order valence-corrected chi connectivity index (χ4v) is 4.59. The third-order valence-electron chi connectivity index (χ3n) is 6.25. The van der Waals surface area contributed by atoms with Gasteiger partial charge in [-0.25, -0.2) is 5.84 Å². The molecule has 3 aromatic rings. The van der Waals surface area contributed by atoms with Crippen LogP contribution in [0, 0.1) is 13.8 Å². The van der Waals surface area contributed by atoms with Gasteiger partial charge in [0.1, 0.15) is 0 Å². The van der Waals surface area contributed by atoms with Crippen LogP contribution in [0.5, 0.6) is 0 Å². The summed E-state index contributed by atoms with van der Waals surface area (Å²) in [5.74, 6) is 4.74. The monoisotopic (exact) mass is 524 g/mol. The Morgan fingerprint density at radius 1 is 1.03 bits per heavy atom. The highest BCUT2D eigenvalue weighted by Gasteiger charge is 2.23. The van der Waals surface area contributed by atoms with E-state index in [0.717, 1.165) is 39.9 Å². The molecule has 5 N–H and O–H groups in total. The number of rotatable bonds is 9. The van der Waals surface area contributed by atoms with Crippen LogP contribution in [0.15, 0.2) is 59.1 Å². The second kappa shape index (κ2) is 11.0. The van der Waals surface area contributed by atoms with Crippen molar-refractivity contribution in [2.24, 2.45) is 5.84 Å². The second-order valence-corrected chi connectivity index (χ2v) is 9.87. The van der Waals surface area contributed by atoms with Gasteiger partial charge in [-0.05, 0) is 72.5 Å². The fourth-order valence-electron chi connectivity index (χ4n) is 4.32. The van der Waals surface area contributed by atoms with Crippen molar-refractivity contribution >= 4 is 33.3 Å². The van der Waals surface area contributed by atoms with E-state index in [1.165, 1.54) is 21.7 Å². The molecule has 0 saturated heterocycles. The Labute approximate surface area is 210 Å². The lowest BCUT2D eigenvalue weighted by Crippen LogP contribution is -2.26. The number of nitrogen functional groups attached to an aromatic ring is 1. The standard InChI is InChI=1S/C27H33BrN4O2/c1-17-5-8-20(13-21(17)16-31(3)15-19-6-9-22(28)10-7-19)24(14-26(33)34)23-11-12-25(32(4)30)27(29)18(23)2/h5-13,24H,14-16,29-30H2,1-4H3,(H,33,34). The Morgan fingerprint density at radius 3 is 2.32 bits per heavy atom. The first-order valence-corrected chi connectivity index (χ1v) is 12.0. The zero-order valence-electron chi connectivity index (χ0n) is 20.2. The number of carboxylic acid groups (broad SMARTS) is 1. The minimum absolute atomic E-state index is 0.0185. The van der Waals surface area contributed by atoms with Crippen molar-refractivity contribution in [3.63, 3.8) is 0 Å². The van der Waals surface area contributed by atoms with Gasteiger partial charge in [0.15, 0.2) is 0 Å². The number of carboxylic acids is 1. The molecule has 0 aliphatic rings. The van der Waals surface area contributed by atoms with E-state index in [1.807, 2.05) is 37.3 Å². The molecule has 0 bridgehead atoms. The highest BCUT2D eigenvalue weighted by molar-refractivity contribution is 9.10. The minimum atomic E-state index is -0.850. The molecule has 3 aromatic carbocycles.